The number of nitrogens with one attached hydrogen (secondary N) is 1. The van der Waals surface area contributed by atoms with Crippen LogP contribution in [0.25, 0.3) is 0 Å². The van der Waals surface area contributed by atoms with E-state index in [-0.39, 0.29) is 11.4 Å². The maximum Gasteiger partial charge on any atom is 0.240 e. The summed E-state index contributed by atoms with van der Waals surface area (Å²) in [7, 11) is -3.61. The summed E-state index contributed by atoms with van der Waals surface area (Å²) in [5.74, 6) is 1.44. The fraction of sp³-hybridized carbons (Fsp3) is 0.143. The first kappa shape index (κ1) is 19.7. The van der Waals surface area contributed by atoms with E-state index in [0.717, 1.165) is 11.3 Å². The molecule has 0 aliphatic rings. The van der Waals surface area contributed by atoms with Crippen molar-refractivity contribution in [2.45, 2.75) is 11.4 Å². The van der Waals surface area contributed by atoms with Gasteiger partial charge in [-0.05, 0) is 54.1 Å². The number of rotatable bonds is 9. The first-order valence-corrected chi connectivity index (χ1v) is 10.3. The minimum Gasteiger partial charge on any atom is -0.490 e. The number of sulfonamides is 1. The molecule has 0 heterocycles. The van der Waals surface area contributed by atoms with E-state index >= 15 is 0 Å². The van der Waals surface area contributed by atoms with Crippen LogP contribution < -0.4 is 19.9 Å². The Balaban J connectivity index is 1.51. The largest absolute Gasteiger partial charge is 0.490 e. The van der Waals surface area contributed by atoms with Crippen LogP contribution in [0.4, 0.5) is 5.69 Å². The van der Waals surface area contributed by atoms with Crippen molar-refractivity contribution in [1.29, 1.82) is 0 Å². The molecule has 0 unspecified atom stereocenters. The lowest BCUT2D eigenvalue weighted by atomic mass is 10.2. The van der Waals surface area contributed by atoms with Gasteiger partial charge in [-0.1, -0.05) is 30.3 Å². The molecule has 0 saturated carbocycles. The fourth-order valence-corrected chi connectivity index (χ4v) is 3.51. The van der Waals surface area contributed by atoms with Gasteiger partial charge in [-0.2, -0.15) is 0 Å². The molecule has 0 radical (unpaired) electrons. The number of para-hydroxylation sites is 1. The highest BCUT2D eigenvalue weighted by Crippen LogP contribution is 2.16. The van der Waals surface area contributed by atoms with E-state index in [1.165, 1.54) is 12.1 Å². The van der Waals surface area contributed by atoms with Crippen molar-refractivity contribution in [3.05, 3.63) is 84.4 Å². The maximum atomic E-state index is 12.3. The summed E-state index contributed by atoms with van der Waals surface area (Å²) in [5, 5.41) is 0. The average Bonchev–Trinajstić information content (AvgIpc) is 2.71. The average molecular weight is 398 g/mol. The Morgan fingerprint density at radius 2 is 1.43 bits per heavy atom. The summed E-state index contributed by atoms with van der Waals surface area (Å²) in [5.41, 5.74) is 6.90. The maximum absolute atomic E-state index is 12.3. The van der Waals surface area contributed by atoms with Crippen LogP contribution in [0.2, 0.25) is 0 Å². The zero-order valence-electron chi connectivity index (χ0n) is 15.2. The van der Waals surface area contributed by atoms with Crippen LogP contribution in [0.5, 0.6) is 11.5 Å². The number of benzene rings is 3. The van der Waals surface area contributed by atoms with Crippen molar-refractivity contribution < 1.29 is 17.9 Å². The first-order chi connectivity index (χ1) is 13.5. The van der Waals surface area contributed by atoms with Crippen LogP contribution in [0.3, 0.4) is 0 Å². The molecular weight excluding hydrogens is 376 g/mol. The topological polar surface area (TPSA) is 90.7 Å². The standard InChI is InChI=1S/C21H22N2O4S/c22-18-9-11-21(12-10-18)28(24,25)23-16-17-5-4-8-20(15-17)27-14-13-26-19-6-2-1-3-7-19/h1-12,15,23H,13-14,16,22H2. The lowest BCUT2D eigenvalue weighted by Gasteiger charge is -2.10. The van der Waals surface area contributed by atoms with Gasteiger partial charge in [0.1, 0.15) is 24.7 Å². The Labute approximate surface area is 165 Å². The molecule has 0 bridgehead atoms. The van der Waals surface area contributed by atoms with Gasteiger partial charge in [-0.25, -0.2) is 13.1 Å². The van der Waals surface area contributed by atoms with Gasteiger partial charge in [0.2, 0.25) is 10.0 Å². The number of ether oxygens (including phenoxy) is 2. The lowest BCUT2D eigenvalue weighted by Crippen LogP contribution is -2.23. The van der Waals surface area contributed by atoms with E-state index in [9.17, 15) is 8.42 Å². The van der Waals surface area contributed by atoms with Gasteiger partial charge in [-0.3, -0.25) is 0 Å². The number of anilines is 1. The number of nitrogen functional groups attached to an aromatic ring is 1. The summed E-state index contributed by atoms with van der Waals surface area (Å²) in [4.78, 5) is 0.173. The van der Waals surface area contributed by atoms with Crippen LogP contribution in [0, 0.1) is 0 Å². The highest BCUT2D eigenvalue weighted by Gasteiger charge is 2.13. The zero-order valence-corrected chi connectivity index (χ0v) is 16.1. The Kier molecular flexibility index (Phi) is 6.52. The molecule has 146 valence electrons. The van der Waals surface area contributed by atoms with E-state index in [2.05, 4.69) is 4.72 Å². The minimum atomic E-state index is -3.61. The van der Waals surface area contributed by atoms with E-state index < -0.39 is 10.0 Å². The van der Waals surface area contributed by atoms with Gasteiger partial charge in [0.05, 0.1) is 4.90 Å². The third-order valence-electron chi connectivity index (χ3n) is 3.92. The summed E-state index contributed by atoms with van der Waals surface area (Å²) < 4.78 is 38.5. The molecule has 7 heteroatoms. The monoisotopic (exact) mass is 398 g/mol. The van der Waals surface area contributed by atoms with Crippen molar-refractivity contribution in [2.75, 3.05) is 18.9 Å². The molecule has 0 fully saturated rings. The van der Waals surface area contributed by atoms with E-state index in [1.54, 1.807) is 18.2 Å². The predicted octanol–water partition coefficient (Wildman–Crippen LogP) is 3.21. The zero-order chi connectivity index (χ0) is 19.8. The van der Waals surface area contributed by atoms with Crippen molar-refractivity contribution in [3.8, 4) is 11.5 Å². The molecule has 3 rings (SSSR count). The Bertz CT molecular complexity index is 990. The second-order valence-electron chi connectivity index (χ2n) is 6.05. The number of nitrogens with two attached hydrogens (primary N) is 1. The molecule has 3 aromatic rings. The summed E-state index contributed by atoms with van der Waals surface area (Å²) >= 11 is 0. The SMILES string of the molecule is Nc1ccc(S(=O)(=O)NCc2cccc(OCCOc3ccccc3)c2)cc1. The fourth-order valence-electron chi connectivity index (χ4n) is 2.49. The molecule has 0 aliphatic carbocycles. The normalized spacial score (nSPS) is 11.1. The molecule has 3 aromatic carbocycles. The molecule has 0 atom stereocenters. The Hall–Kier alpha value is -3.03. The highest BCUT2D eigenvalue weighted by molar-refractivity contribution is 7.89. The second-order valence-corrected chi connectivity index (χ2v) is 7.82. The first-order valence-electron chi connectivity index (χ1n) is 8.78. The molecule has 3 N–H and O–H groups in total. The van der Waals surface area contributed by atoms with Crippen molar-refractivity contribution in [2.24, 2.45) is 0 Å². The third kappa shape index (κ3) is 5.73. The van der Waals surface area contributed by atoms with Gasteiger partial charge in [-0.15, -0.1) is 0 Å². The molecule has 6 nitrogen and oxygen atoms in total. The van der Waals surface area contributed by atoms with E-state index in [0.29, 0.717) is 24.7 Å². The minimum absolute atomic E-state index is 0.157. The Morgan fingerprint density at radius 1 is 0.786 bits per heavy atom. The molecule has 0 aliphatic heterocycles. The summed E-state index contributed by atoms with van der Waals surface area (Å²) in [6.45, 7) is 0.956. The molecule has 28 heavy (non-hydrogen) atoms. The molecule has 0 aromatic heterocycles. The van der Waals surface area contributed by atoms with E-state index in [4.69, 9.17) is 15.2 Å². The second kappa shape index (κ2) is 9.25. The Morgan fingerprint density at radius 3 is 2.14 bits per heavy atom. The van der Waals surface area contributed by atoms with Crippen LogP contribution in [0.15, 0.2) is 83.8 Å². The van der Waals surface area contributed by atoms with Crippen molar-refractivity contribution in [1.82, 2.24) is 4.72 Å². The quantitative estimate of drug-likeness (QED) is 0.427. The molecule has 0 saturated heterocycles. The highest BCUT2D eigenvalue weighted by atomic mass is 32.2. The van der Waals surface area contributed by atoms with E-state index in [1.807, 2.05) is 48.5 Å². The molecule has 0 spiro atoms. The summed E-state index contributed by atoms with van der Waals surface area (Å²) in [6.07, 6.45) is 0. The summed E-state index contributed by atoms with van der Waals surface area (Å²) in [6, 6.07) is 22.8. The van der Waals surface area contributed by atoms with Gasteiger partial charge in [0, 0.05) is 12.2 Å². The van der Waals surface area contributed by atoms with Gasteiger partial charge >= 0.3 is 0 Å². The van der Waals surface area contributed by atoms with Gasteiger partial charge in [0.25, 0.3) is 0 Å². The van der Waals surface area contributed by atoms with Crippen LogP contribution in [-0.2, 0) is 16.6 Å². The smallest absolute Gasteiger partial charge is 0.240 e. The molecular formula is C21H22N2O4S. The van der Waals surface area contributed by atoms with Gasteiger partial charge < -0.3 is 15.2 Å². The predicted molar refractivity (Wildman–Crippen MR) is 109 cm³/mol. The number of hydrogen-bond acceptors (Lipinski definition) is 5. The van der Waals surface area contributed by atoms with Crippen LogP contribution in [0.1, 0.15) is 5.56 Å². The van der Waals surface area contributed by atoms with Crippen molar-refractivity contribution in [3.63, 3.8) is 0 Å². The number of hydrogen-bond donors (Lipinski definition) is 2. The third-order valence-corrected chi connectivity index (χ3v) is 5.34. The molecule has 0 amide bonds. The van der Waals surface area contributed by atoms with Crippen molar-refractivity contribution >= 4 is 15.7 Å². The van der Waals surface area contributed by atoms with Crippen LogP contribution in [-0.4, -0.2) is 21.6 Å². The van der Waals surface area contributed by atoms with Gasteiger partial charge in [0.15, 0.2) is 0 Å². The van der Waals surface area contributed by atoms with Crippen LogP contribution >= 0.6 is 0 Å². The lowest BCUT2D eigenvalue weighted by molar-refractivity contribution is 0.217.